The van der Waals surface area contributed by atoms with E-state index in [1.54, 1.807) is 0 Å². The Morgan fingerprint density at radius 3 is 2.45 bits per heavy atom. The zero-order valence-corrected chi connectivity index (χ0v) is 14.0. The molecule has 0 aliphatic rings. The van der Waals surface area contributed by atoms with Crippen molar-refractivity contribution in [1.29, 1.82) is 0 Å². The Labute approximate surface area is 124 Å². The Morgan fingerprint density at radius 1 is 1.25 bits per heavy atom. The van der Waals surface area contributed by atoms with E-state index in [1.165, 1.54) is 5.56 Å². The lowest BCUT2D eigenvalue weighted by Crippen LogP contribution is -2.29. The van der Waals surface area contributed by atoms with Crippen LogP contribution < -0.4 is 5.32 Å². The van der Waals surface area contributed by atoms with E-state index in [1.807, 2.05) is 6.20 Å². The smallest absolute Gasteiger partial charge is 0.0544 e. The summed E-state index contributed by atoms with van der Waals surface area (Å²) in [5.74, 6) is 0.688. The third kappa shape index (κ3) is 7.61. The molecule has 0 amide bonds. The van der Waals surface area contributed by atoms with Gasteiger partial charge < -0.3 is 10.2 Å². The van der Waals surface area contributed by atoms with Crippen molar-refractivity contribution < 1.29 is 0 Å². The van der Waals surface area contributed by atoms with Gasteiger partial charge in [-0.05, 0) is 36.6 Å². The molecule has 0 saturated carbocycles. The van der Waals surface area contributed by atoms with Crippen LogP contribution in [-0.2, 0) is 13.1 Å². The van der Waals surface area contributed by atoms with Crippen molar-refractivity contribution in [2.45, 2.75) is 47.7 Å². The lowest BCUT2D eigenvalue weighted by Gasteiger charge is -2.26. The number of hydrogen-bond acceptors (Lipinski definition) is 3. The fourth-order valence-electron chi connectivity index (χ4n) is 2.30. The highest BCUT2D eigenvalue weighted by Gasteiger charge is 2.13. The van der Waals surface area contributed by atoms with Gasteiger partial charge in [0.05, 0.1) is 5.69 Å². The number of aromatic nitrogens is 1. The lowest BCUT2D eigenvalue weighted by molar-refractivity contribution is 0.219. The number of nitrogens with zero attached hydrogens (tertiary/aromatic N) is 2. The Kier molecular flexibility index (Phi) is 6.63. The molecule has 1 aromatic heterocycles. The summed E-state index contributed by atoms with van der Waals surface area (Å²) in [6.45, 7) is 15.2. The number of rotatable bonds is 7. The van der Waals surface area contributed by atoms with Crippen LogP contribution in [0.4, 0.5) is 0 Å². The maximum Gasteiger partial charge on any atom is 0.0544 e. The minimum atomic E-state index is 0.329. The van der Waals surface area contributed by atoms with E-state index in [2.05, 4.69) is 69.0 Å². The second-order valence-corrected chi connectivity index (χ2v) is 7.42. The minimum absolute atomic E-state index is 0.329. The molecule has 1 rings (SSSR count). The fraction of sp³-hybridized carbons (Fsp3) is 0.706. The summed E-state index contributed by atoms with van der Waals surface area (Å²) < 4.78 is 0. The SMILES string of the molecule is CC(C)CNCc1ccc(CN(C)CC(C)(C)C)nc1. The molecule has 0 bridgehead atoms. The molecule has 0 unspecified atom stereocenters. The molecule has 3 heteroatoms. The molecule has 3 nitrogen and oxygen atoms in total. The quantitative estimate of drug-likeness (QED) is 0.829. The van der Waals surface area contributed by atoms with E-state index < -0.39 is 0 Å². The van der Waals surface area contributed by atoms with E-state index in [0.29, 0.717) is 11.3 Å². The zero-order valence-electron chi connectivity index (χ0n) is 14.0. The molecule has 0 atom stereocenters. The topological polar surface area (TPSA) is 28.2 Å². The highest BCUT2D eigenvalue weighted by molar-refractivity contribution is 5.14. The molecular formula is C17H31N3. The first-order valence-corrected chi connectivity index (χ1v) is 7.59. The van der Waals surface area contributed by atoms with E-state index in [9.17, 15) is 0 Å². The molecule has 0 aliphatic heterocycles. The number of hydrogen-bond donors (Lipinski definition) is 1. The Balaban J connectivity index is 2.42. The molecule has 0 aromatic carbocycles. The standard InChI is InChI=1S/C17H31N3/c1-14(2)9-18-10-15-7-8-16(19-11-15)12-20(6)13-17(3,4)5/h7-8,11,14,18H,9-10,12-13H2,1-6H3. The molecule has 0 spiro atoms. The molecule has 0 aliphatic carbocycles. The van der Waals surface area contributed by atoms with Gasteiger partial charge in [-0.2, -0.15) is 0 Å². The van der Waals surface area contributed by atoms with Gasteiger partial charge >= 0.3 is 0 Å². The summed E-state index contributed by atoms with van der Waals surface area (Å²) >= 11 is 0. The molecule has 0 fully saturated rings. The molecule has 0 radical (unpaired) electrons. The third-order valence-electron chi connectivity index (χ3n) is 2.94. The lowest BCUT2D eigenvalue weighted by atomic mass is 9.96. The second-order valence-electron chi connectivity index (χ2n) is 7.42. The van der Waals surface area contributed by atoms with Gasteiger partial charge in [-0.15, -0.1) is 0 Å². The normalized spacial score (nSPS) is 12.4. The molecule has 1 N–H and O–H groups in total. The van der Waals surface area contributed by atoms with Gasteiger partial charge in [0.25, 0.3) is 0 Å². The molecule has 0 saturated heterocycles. The van der Waals surface area contributed by atoms with Gasteiger partial charge in [-0.3, -0.25) is 4.98 Å². The van der Waals surface area contributed by atoms with Crippen molar-refractivity contribution in [3.8, 4) is 0 Å². The van der Waals surface area contributed by atoms with Gasteiger partial charge in [-0.25, -0.2) is 0 Å². The van der Waals surface area contributed by atoms with Crippen LogP contribution in [0.15, 0.2) is 18.3 Å². The monoisotopic (exact) mass is 277 g/mol. The van der Waals surface area contributed by atoms with Crippen molar-refractivity contribution in [2.75, 3.05) is 20.1 Å². The van der Waals surface area contributed by atoms with Crippen LogP contribution in [0.2, 0.25) is 0 Å². The Bertz CT molecular complexity index is 376. The van der Waals surface area contributed by atoms with E-state index in [-0.39, 0.29) is 0 Å². The first-order chi connectivity index (χ1) is 9.26. The van der Waals surface area contributed by atoms with Gasteiger partial charge in [0.2, 0.25) is 0 Å². The predicted molar refractivity (Wildman–Crippen MR) is 86.6 cm³/mol. The van der Waals surface area contributed by atoms with Crippen molar-refractivity contribution in [1.82, 2.24) is 15.2 Å². The summed E-state index contributed by atoms with van der Waals surface area (Å²) in [7, 11) is 2.16. The first-order valence-electron chi connectivity index (χ1n) is 7.59. The average molecular weight is 277 g/mol. The van der Waals surface area contributed by atoms with Crippen LogP contribution in [0.25, 0.3) is 0 Å². The summed E-state index contributed by atoms with van der Waals surface area (Å²) in [5, 5.41) is 3.44. The minimum Gasteiger partial charge on any atom is -0.312 e. The summed E-state index contributed by atoms with van der Waals surface area (Å²) in [6, 6.07) is 4.33. The molecule has 1 aromatic rings. The maximum absolute atomic E-state index is 4.56. The third-order valence-corrected chi connectivity index (χ3v) is 2.94. The summed E-state index contributed by atoms with van der Waals surface area (Å²) in [5.41, 5.74) is 2.73. The first kappa shape index (κ1) is 17.1. The zero-order chi connectivity index (χ0) is 15.2. The Hall–Kier alpha value is -0.930. The number of pyridine rings is 1. The van der Waals surface area contributed by atoms with Crippen LogP contribution in [-0.4, -0.2) is 30.0 Å². The van der Waals surface area contributed by atoms with Crippen LogP contribution in [0.3, 0.4) is 0 Å². The summed E-state index contributed by atoms with van der Waals surface area (Å²) in [6.07, 6.45) is 1.99. The van der Waals surface area contributed by atoms with Crippen molar-refractivity contribution in [3.63, 3.8) is 0 Å². The molecule has 1 heterocycles. The maximum atomic E-state index is 4.56. The van der Waals surface area contributed by atoms with Gasteiger partial charge in [0.15, 0.2) is 0 Å². The summed E-state index contributed by atoms with van der Waals surface area (Å²) in [4.78, 5) is 6.90. The highest BCUT2D eigenvalue weighted by Crippen LogP contribution is 2.15. The molecule has 114 valence electrons. The average Bonchev–Trinajstić information content (AvgIpc) is 2.28. The predicted octanol–water partition coefficient (Wildman–Crippen LogP) is 3.31. The van der Waals surface area contributed by atoms with E-state index >= 15 is 0 Å². The van der Waals surface area contributed by atoms with Crippen LogP contribution in [0, 0.1) is 11.3 Å². The second kappa shape index (κ2) is 7.75. The molecular weight excluding hydrogens is 246 g/mol. The largest absolute Gasteiger partial charge is 0.312 e. The van der Waals surface area contributed by atoms with Gasteiger partial charge in [0, 0.05) is 25.8 Å². The van der Waals surface area contributed by atoms with Crippen molar-refractivity contribution in [3.05, 3.63) is 29.6 Å². The van der Waals surface area contributed by atoms with Crippen molar-refractivity contribution in [2.24, 2.45) is 11.3 Å². The van der Waals surface area contributed by atoms with E-state index in [0.717, 1.165) is 31.9 Å². The Morgan fingerprint density at radius 2 is 1.95 bits per heavy atom. The van der Waals surface area contributed by atoms with Crippen LogP contribution in [0.1, 0.15) is 45.9 Å². The van der Waals surface area contributed by atoms with Crippen molar-refractivity contribution >= 4 is 0 Å². The highest BCUT2D eigenvalue weighted by atomic mass is 15.1. The number of nitrogens with one attached hydrogen (secondary N) is 1. The molecule has 20 heavy (non-hydrogen) atoms. The fourth-order valence-corrected chi connectivity index (χ4v) is 2.30. The van der Waals surface area contributed by atoms with Gasteiger partial charge in [0.1, 0.15) is 0 Å². The van der Waals surface area contributed by atoms with Crippen LogP contribution >= 0.6 is 0 Å². The van der Waals surface area contributed by atoms with Gasteiger partial charge in [-0.1, -0.05) is 40.7 Å². The van der Waals surface area contributed by atoms with E-state index in [4.69, 9.17) is 0 Å². The van der Waals surface area contributed by atoms with Crippen LogP contribution in [0.5, 0.6) is 0 Å².